The number of ether oxygens (including phenoxy) is 1. The van der Waals surface area contributed by atoms with Crippen LogP contribution in [-0.2, 0) is 9.59 Å². The molecule has 0 saturated carbocycles. The number of likely N-dealkylation sites (N-methyl/N-ethyl adjacent to an activating group) is 2. The SMILES string of the molecule is COc1ccc(N2CCN(C(=O)CCN(C)C3CCN(C)C3)CC2=O)cc1. The molecule has 3 rings (SSSR count). The third-order valence-electron chi connectivity index (χ3n) is 5.63. The topological polar surface area (TPSA) is 56.3 Å². The second kappa shape index (κ2) is 8.71. The molecule has 1 aromatic carbocycles. The molecule has 1 atom stereocenters. The van der Waals surface area contributed by atoms with Crippen LogP contribution in [-0.4, -0.2) is 93.0 Å². The van der Waals surface area contributed by atoms with Gasteiger partial charge in [-0.2, -0.15) is 0 Å². The molecule has 1 aromatic rings. The lowest BCUT2D eigenvalue weighted by Gasteiger charge is -2.35. The second-order valence-corrected chi connectivity index (χ2v) is 7.49. The number of hydrogen-bond acceptors (Lipinski definition) is 5. The highest BCUT2D eigenvalue weighted by Gasteiger charge is 2.29. The molecule has 2 fully saturated rings. The van der Waals surface area contributed by atoms with Crippen LogP contribution in [0.15, 0.2) is 24.3 Å². The van der Waals surface area contributed by atoms with Gasteiger partial charge in [-0.25, -0.2) is 0 Å². The Balaban J connectivity index is 1.48. The molecule has 0 spiro atoms. The average molecular weight is 374 g/mol. The van der Waals surface area contributed by atoms with E-state index < -0.39 is 0 Å². The van der Waals surface area contributed by atoms with Gasteiger partial charge in [0, 0.05) is 44.3 Å². The molecule has 148 valence electrons. The van der Waals surface area contributed by atoms with Crippen molar-refractivity contribution in [2.45, 2.75) is 18.9 Å². The van der Waals surface area contributed by atoms with Crippen molar-refractivity contribution in [1.29, 1.82) is 0 Å². The minimum Gasteiger partial charge on any atom is -0.497 e. The van der Waals surface area contributed by atoms with Gasteiger partial charge in [-0.15, -0.1) is 0 Å². The fourth-order valence-electron chi connectivity index (χ4n) is 3.81. The fourth-order valence-corrected chi connectivity index (χ4v) is 3.81. The van der Waals surface area contributed by atoms with Crippen molar-refractivity contribution < 1.29 is 14.3 Å². The third kappa shape index (κ3) is 4.78. The van der Waals surface area contributed by atoms with Crippen molar-refractivity contribution in [3.05, 3.63) is 24.3 Å². The highest BCUT2D eigenvalue weighted by atomic mass is 16.5. The van der Waals surface area contributed by atoms with Crippen LogP contribution >= 0.6 is 0 Å². The summed E-state index contributed by atoms with van der Waals surface area (Å²) in [7, 11) is 5.84. The number of piperazine rings is 1. The van der Waals surface area contributed by atoms with E-state index in [1.807, 2.05) is 24.3 Å². The molecule has 2 aliphatic heterocycles. The lowest BCUT2D eigenvalue weighted by Crippen LogP contribution is -2.52. The maximum absolute atomic E-state index is 12.6. The van der Waals surface area contributed by atoms with E-state index in [2.05, 4.69) is 23.9 Å². The van der Waals surface area contributed by atoms with Gasteiger partial charge in [0.25, 0.3) is 0 Å². The number of rotatable bonds is 6. The average Bonchev–Trinajstić information content (AvgIpc) is 3.12. The molecular formula is C20H30N4O3. The molecule has 2 saturated heterocycles. The van der Waals surface area contributed by atoms with Gasteiger partial charge in [-0.1, -0.05) is 0 Å². The first-order chi connectivity index (χ1) is 13.0. The molecule has 0 aliphatic carbocycles. The van der Waals surface area contributed by atoms with E-state index in [1.54, 1.807) is 16.9 Å². The van der Waals surface area contributed by atoms with Crippen LogP contribution in [0.2, 0.25) is 0 Å². The van der Waals surface area contributed by atoms with E-state index in [9.17, 15) is 9.59 Å². The van der Waals surface area contributed by atoms with Crippen LogP contribution in [0.4, 0.5) is 5.69 Å². The summed E-state index contributed by atoms with van der Waals surface area (Å²) in [6.45, 7) is 4.17. The van der Waals surface area contributed by atoms with Crippen molar-refractivity contribution in [1.82, 2.24) is 14.7 Å². The number of nitrogens with zero attached hydrogens (tertiary/aromatic N) is 4. The predicted molar refractivity (Wildman–Crippen MR) is 105 cm³/mol. The largest absolute Gasteiger partial charge is 0.497 e. The minimum absolute atomic E-state index is 0.0365. The van der Waals surface area contributed by atoms with Crippen LogP contribution in [0.25, 0.3) is 0 Å². The van der Waals surface area contributed by atoms with E-state index >= 15 is 0 Å². The Labute approximate surface area is 161 Å². The number of carbonyl (C=O) groups excluding carboxylic acids is 2. The Morgan fingerprint density at radius 1 is 1.22 bits per heavy atom. The molecule has 7 heteroatoms. The molecule has 2 amide bonds. The maximum Gasteiger partial charge on any atom is 0.246 e. The molecule has 0 radical (unpaired) electrons. The fraction of sp³-hybridized carbons (Fsp3) is 0.600. The lowest BCUT2D eigenvalue weighted by molar-refractivity contribution is -0.137. The van der Waals surface area contributed by atoms with E-state index in [0.29, 0.717) is 25.6 Å². The number of benzene rings is 1. The number of carbonyl (C=O) groups is 2. The summed E-state index contributed by atoms with van der Waals surface area (Å²) in [5, 5.41) is 0. The number of anilines is 1. The van der Waals surface area contributed by atoms with Crippen molar-refractivity contribution in [2.24, 2.45) is 0 Å². The lowest BCUT2D eigenvalue weighted by atomic mass is 10.2. The normalized spacial score (nSPS) is 21.2. The third-order valence-corrected chi connectivity index (χ3v) is 5.63. The Morgan fingerprint density at radius 3 is 2.56 bits per heavy atom. The highest BCUT2D eigenvalue weighted by molar-refractivity contribution is 5.98. The van der Waals surface area contributed by atoms with Crippen molar-refractivity contribution in [2.75, 3.05) is 65.4 Å². The first-order valence-corrected chi connectivity index (χ1v) is 9.59. The van der Waals surface area contributed by atoms with Crippen LogP contribution < -0.4 is 9.64 Å². The monoisotopic (exact) mass is 374 g/mol. The highest BCUT2D eigenvalue weighted by Crippen LogP contribution is 2.21. The van der Waals surface area contributed by atoms with Gasteiger partial charge in [0.1, 0.15) is 12.3 Å². The van der Waals surface area contributed by atoms with Gasteiger partial charge in [-0.05, 0) is 51.3 Å². The molecule has 27 heavy (non-hydrogen) atoms. The van der Waals surface area contributed by atoms with Gasteiger partial charge in [0.2, 0.25) is 11.8 Å². The minimum atomic E-state index is -0.0365. The zero-order valence-corrected chi connectivity index (χ0v) is 16.6. The first-order valence-electron chi connectivity index (χ1n) is 9.59. The summed E-state index contributed by atoms with van der Waals surface area (Å²) in [5.41, 5.74) is 0.845. The van der Waals surface area contributed by atoms with Crippen molar-refractivity contribution in [3.8, 4) is 5.75 Å². The van der Waals surface area contributed by atoms with E-state index in [4.69, 9.17) is 4.74 Å². The van der Waals surface area contributed by atoms with Crippen molar-refractivity contribution in [3.63, 3.8) is 0 Å². The molecule has 1 unspecified atom stereocenters. The van der Waals surface area contributed by atoms with Gasteiger partial charge in [-0.3, -0.25) is 9.59 Å². The number of likely N-dealkylation sites (tertiary alicyclic amines) is 1. The number of amides is 2. The summed E-state index contributed by atoms with van der Waals surface area (Å²) >= 11 is 0. The summed E-state index contributed by atoms with van der Waals surface area (Å²) in [5.74, 6) is 0.791. The molecule has 2 heterocycles. The zero-order valence-electron chi connectivity index (χ0n) is 16.6. The summed E-state index contributed by atoms with van der Waals surface area (Å²) in [6.07, 6.45) is 1.62. The van der Waals surface area contributed by atoms with Gasteiger partial charge in [0.05, 0.1) is 7.11 Å². The predicted octanol–water partition coefficient (Wildman–Crippen LogP) is 0.896. The van der Waals surface area contributed by atoms with E-state index in [1.165, 1.54) is 0 Å². The van der Waals surface area contributed by atoms with Gasteiger partial charge >= 0.3 is 0 Å². The van der Waals surface area contributed by atoms with Crippen molar-refractivity contribution >= 4 is 17.5 Å². The first kappa shape index (κ1) is 19.6. The number of methoxy groups -OCH3 is 1. The Hall–Kier alpha value is -2.12. The molecule has 7 nitrogen and oxygen atoms in total. The van der Waals surface area contributed by atoms with E-state index in [-0.39, 0.29) is 18.4 Å². The van der Waals surface area contributed by atoms with E-state index in [0.717, 1.165) is 37.5 Å². The van der Waals surface area contributed by atoms with Gasteiger partial charge < -0.3 is 24.3 Å². The maximum atomic E-state index is 12.6. The summed E-state index contributed by atoms with van der Waals surface area (Å²) < 4.78 is 5.16. The molecular weight excluding hydrogens is 344 g/mol. The second-order valence-electron chi connectivity index (χ2n) is 7.49. The van der Waals surface area contributed by atoms with Crippen LogP contribution in [0.5, 0.6) is 5.75 Å². The summed E-state index contributed by atoms with van der Waals surface area (Å²) in [6, 6.07) is 7.97. The summed E-state index contributed by atoms with van der Waals surface area (Å²) in [4.78, 5) is 33.1. The zero-order chi connectivity index (χ0) is 19.4. The molecule has 2 aliphatic rings. The van der Waals surface area contributed by atoms with Crippen LogP contribution in [0, 0.1) is 0 Å². The Bertz CT molecular complexity index is 664. The Morgan fingerprint density at radius 2 is 1.96 bits per heavy atom. The smallest absolute Gasteiger partial charge is 0.246 e. The standard InChI is InChI=1S/C20H30N4O3/c1-21-10-8-17(14-21)22(2)11-9-19(25)23-12-13-24(20(26)15-23)16-4-6-18(27-3)7-5-16/h4-7,17H,8-15H2,1-3H3. The molecule has 0 bridgehead atoms. The van der Waals surface area contributed by atoms with Crippen LogP contribution in [0.1, 0.15) is 12.8 Å². The van der Waals surface area contributed by atoms with Gasteiger partial charge in [0.15, 0.2) is 0 Å². The Kier molecular flexibility index (Phi) is 6.34. The molecule has 0 N–H and O–H groups in total. The quantitative estimate of drug-likeness (QED) is 0.740. The van der Waals surface area contributed by atoms with Crippen LogP contribution in [0.3, 0.4) is 0 Å². The number of hydrogen-bond donors (Lipinski definition) is 0. The molecule has 0 aromatic heterocycles.